The van der Waals surface area contributed by atoms with Gasteiger partial charge in [-0.25, -0.2) is 9.52 Å². The Bertz CT molecular complexity index is 1440. The number of cyclic esters (lactones) is 1. The van der Waals surface area contributed by atoms with Gasteiger partial charge in [0, 0.05) is 56.9 Å². The maximum Gasteiger partial charge on any atom is 0.414 e. The third-order valence-corrected chi connectivity index (χ3v) is 10.6. The summed E-state index contributed by atoms with van der Waals surface area (Å²) in [7, 11) is -2.01. The van der Waals surface area contributed by atoms with Gasteiger partial charge in [-0.05, 0) is 57.0 Å². The molecule has 2 saturated heterocycles. The summed E-state index contributed by atoms with van der Waals surface area (Å²) in [6.07, 6.45) is 1.90. The number of anilines is 1. The number of likely N-dealkylation sites (N-methyl/N-ethyl adjacent to an activating group) is 1. The third kappa shape index (κ3) is 7.71. The zero-order chi connectivity index (χ0) is 32.0. The summed E-state index contributed by atoms with van der Waals surface area (Å²) in [5.41, 5.74) is 2.31. The Hall–Kier alpha value is -3.39. The number of methoxy groups -OCH3 is 1. The summed E-state index contributed by atoms with van der Waals surface area (Å²) in [6.45, 7) is 8.96. The SMILES string of the molecule is CCN(CC)CCNS(=O)(=O)N1CCC(Oc2ccc(C(=O)N3CCC(N4C(=O)OCc5ccccc54)CC3)c(OC)c2)CC1. The monoisotopic (exact) mass is 643 g/mol. The molecule has 12 nitrogen and oxygen atoms in total. The fraction of sp³-hybridized carbons (Fsp3) is 0.562. The second kappa shape index (κ2) is 14.8. The molecule has 5 rings (SSSR count). The van der Waals surface area contributed by atoms with Gasteiger partial charge in [-0.3, -0.25) is 9.69 Å². The Kier molecular flexibility index (Phi) is 10.9. The lowest BCUT2D eigenvalue weighted by molar-refractivity contribution is 0.0705. The molecule has 3 aliphatic heterocycles. The van der Waals surface area contributed by atoms with E-state index in [1.165, 1.54) is 11.4 Å². The van der Waals surface area contributed by atoms with Gasteiger partial charge < -0.3 is 24.0 Å². The molecule has 0 bridgehead atoms. The van der Waals surface area contributed by atoms with Crippen LogP contribution < -0.4 is 19.1 Å². The van der Waals surface area contributed by atoms with E-state index in [0.29, 0.717) is 82.0 Å². The number of rotatable bonds is 12. The van der Waals surface area contributed by atoms with Crippen LogP contribution in [0, 0.1) is 0 Å². The Morgan fingerprint density at radius 2 is 1.73 bits per heavy atom. The Morgan fingerprint density at radius 1 is 1.02 bits per heavy atom. The number of carbonyl (C=O) groups is 2. The van der Waals surface area contributed by atoms with E-state index >= 15 is 0 Å². The largest absolute Gasteiger partial charge is 0.496 e. The molecule has 3 heterocycles. The highest BCUT2D eigenvalue weighted by Crippen LogP contribution is 2.33. The molecule has 2 aromatic rings. The minimum absolute atomic E-state index is 0.0506. The highest BCUT2D eigenvalue weighted by Gasteiger charge is 2.36. The number of carbonyl (C=O) groups excluding carboxylic acids is 2. The molecule has 0 aliphatic carbocycles. The van der Waals surface area contributed by atoms with E-state index in [1.54, 1.807) is 28.0 Å². The van der Waals surface area contributed by atoms with E-state index in [1.807, 2.05) is 24.3 Å². The highest BCUT2D eigenvalue weighted by molar-refractivity contribution is 7.87. The fourth-order valence-electron chi connectivity index (χ4n) is 6.29. The maximum absolute atomic E-state index is 13.5. The summed E-state index contributed by atoms with van der Waals surface area (Å²) in [5.74, 6) is 0.860. The molecule has 3 aliphatic rings. The molecule has 246 valence electrons. The number of nitrogens with zero attached hydrogens (tertiary/aromatic N) is 4. The third-order valence-electron chi connectivity index (χ3n) is 8.97. The first-order chi connectivity index (χ1) is 21.7. The number of amides is 2. The second-order valence-electron chi connectivity index (χ2n) is 11.6. The van der Waals surface area contributed by atoms with Crippen molar-refractivity contribution in [3.05, 3.63) is 53.6 Å². The molecule has 45 heavy (non-hydrogen) atoms. The summed E-state index contributed by atoms with van der Waals surface area (Å²) < 4.78 is 46.9. The minimum Gasteiger partial charge on any atom is -0.496 e. The zero-order valence-corrected chi connectivity index (χ0v) is 27.3. The van der Waals surface area contributed by atoms with Crippen molar-refractivity contribution in [1.29, 1.82) is 0 Å². The van der Waals surface area contributed by atoms with Gasteiger partial charge in [0.25, 0.3) is 16.1 Å². The van der Waals surface area contributed by atoms with E-state index in [-0.39, 0.29) is 30.8 Å². The number of piperidine rings is 2. The Labute approximate surface area is 266 Å². The standard InChI is InChI=1S/C32H45N5O7S/c1-4-34(5-2)21-16-33-45(40,41)36-19-14-26(15-20-36)44-27-10-11-28(30(22-27)42-3)31(38)35-17-12-25(13-18-35)37-29-9-7-6-8-24(29)23-43-32(37)39/h6-11,22,25-26,33H,4-5,12-21,23H2,1-3H3. The molecule has 2 fully saturated rings. The topological polar surface area (TPSA) is 121 Å². The first kappa shape index (κ1) is 33.0. The van der Waals surface area contributed by atoms with Crippen LogP contribution in [0.5, 0.6) is 11.5 Å². The van der Waals surface area contributed by atoms with Crippen LogP contribution in [0.4, 0.5) is 10.5 Å². The lowest BCUT2D eigenvalue weighted by Crippen LogP contribution is -2.50. The lowest BCUT2D eigenvalue weighted by atomic mass is 10.00. The van der Waals surface area contributed by atoms with Crippen molar-refractivity contribution in [2.24, 2.45) is 0 Å². The van der Waals surface area contributed by atoms with Gasteiger partial charge in [-0.2, -0.15) is 12.7 Å². The molecule has 1 N–H and O–H groups in total. The van der Waals surface area contributed by atoms with Gasteiger partial charge in [0.15, 0.2) is 0 Å². The number of hydrogen-bond acceptors (Lipinski definition) is 8. The molecular weight excluding hydrogens is 598 g/mol. The summed E-state index contributed by atoms with van der Waals surface area (Å²) in [5, 5.41) is 0. The molecule has 0 atom stereocenters. The van der Waals surface area contributed by atoms with Gasteiger partial charge in [0.05, 0.1) is 18.4 Å². The summed E-state index contributed by atoms with van der Waals surface area (Å²) in [4.78, 5) is 31.9. The molecule has 0 aromatic heterocycles. The zero-order valence-electron chi connectivity index (χ0n) is 26.4. The molecule has 0 spiro atoms. The normalized spacial score (nSPS) is 18.5. The number of fused-ring (bicyclic) bond motifs is 1. The van der Waals surface area contributed by atoms with E-state index in [0.717, 1.165) is 24.3 Å². The molecule has 13 heteroatoms. The van der Waals surface area contributed by atoms with Crippen molar-refractivity contribution in [3.8, 4) is 11.5 Å². The van der Waals surface area contributed by atoms with Crippen molar-refractivity contribution in [1.82, 2.24) is 18.8 Å². The smallest absolute Gasteiger partial charge is 0.414 e. The average Bonchev–Trinajstić information content (AvgIpc) is 3.06. The molecule has 2 aromatic carbocycles. The van der Waals surface area contributed by atoms with Gasteiger partial charge in [0.1, 0.15) is 24.2 Å². The predicted octanol–water partition coefficient (Wildman–Crippen LogP) is 3.48. The fourth-order valence-corrected chi connectivity index (χ4v) is 7.51. The van der Waals surface area contributed by atoms with Crippen LogP contribution in [0.1, 0.15) is 55.5 Å². The number of ether oxygens (including phenoxy) is 3. The van der Waals surface area contributed by atoms with Gasteiger partial charge in [0.2, 0.25) is 0 Å². The average molecular weight is 644 g/mol. The van der Waals surface area contributed by atoms with Crippen molar-refractivity contribution in [2.75, 3.05) is 64.4 Å². The molecule has 2 amide bonds. The van der Waals surface area contributed by atoms with Crippen molar-refractivity contribution >= 4 is 27.9 Å². The first-order valence-corrected chi connectivity index (χ1v) is 17.3. The van der Waals surface area contributed by atoms with Gasteiger partial charge in [-0.1, -0.05) is 32.0 Å². The number of hydrogen-bond donors (Lipinski definition) is 1. The van der Waals surface area contributed by atoms with Crippen LogP contribution in [0.2, 0.25) is 0 Å². The summed E-state index contributed by atoms with van der Waals surface area (Å²) >= 11 is 0. The van der Waals surface area contributed by atoms with E-state index < -0.39 is 10.2 Å². The van der Waals surface area contributed by atoms with E-state index in [2.05, 4.69) is 23.5 Å². The molecule has 0 saturated carbocycles. The van der Waals surface area contributed by atoms with Crippen LogP contribution in [0.25, 0.3) is 0 Å². The Morgan fingerprint density at radius 3 is 2.42 bits per heavy atom. The van der Waals surface area contributed by atoms with Crippen LogP contribution in [-0.2, 0) is 21.6 Å². The van der Waals surface area contributed by atoms with Gasteiger partial charge in [-0.15, -0.1) is 0 Å². The van der Waals surface area contributed by atoms with Gasteiger partial charge >= 0.3 is 6.09 Å². The number of para-hydroxylation sites is 1. The second-order valence-corrected chi connectivity index (χ2v) is 13.3. The maximum atomic E-state index is 13.5. The molecule has 0 radical (unpaired) electrons. The van der Waals surface area contributed by atoms with Crippen molar-refractivity contribution < 1.29 is 32.2 Å². The minimum atomic E-state index is -3.54. The van der Waals surface area contributed by atoms with Crippen molar-refractivity contribution in [3.63, 3.8) is 0 Å². The predicted molar refractivity (Wildman–Crippen MR) is 171 cm³/mol. The number of nitrogens with one attached hydrogen (secondary N) is 1. The van der Waals surface area contributed by atoms with Crippen LogP contribution in [0.3, 0.4) is 0 Å². The molecule has 0 unspecified atom stereocenters. The van der Waals surface area contributed by atoms with Crippen molar-refractivity contribution in [2.45, 2.75) is 58.3 Å². The van der Waals surface area contributed by atoms with Crippen LogP contribution in [0.15, 0.2) is 42.5 Å². The quantitative estimate of drug-likeness (QED) is 0.374. The van der Waals surface area contributed by atoms with Crippen LogP contribution >= 0.6 is 0 Å². The van der Waals surface area contributed by atoms with E-state index in [4.69, 9.17) is 14.2 Å². The Balaban J connectivity index is 1.13. The number of likely N-dealkylation sites (tertiary alicyclic amines) is 1. The highest BCUT2D eigenvalue weighted by atomic mass is 32.2. The van der Waals surface area contributed by atoms with E-state index in [9.17, 15) is 18.0 Å². The molecular formula is C32H45N5O7S. The van der Waals surface area contributed by atoms with Crippen LogP contribution in [-0.4, -0.2) is 106 Å². The number of benzene rings is 2. The lowest BCUT2D eigenvalue weighted by Gasteiger charge is -2.40. The summed E-state index contributed by atoms with van der Waals surface area (Å²) in [6, 6.07) is 12.9. The first-order valence-electron chi connectivity index (χ1n) is 15.9.